The molecule has 7 heteroatoms. The Morgan fingerprint density at radius 2 is 2.28 bits per heavy atom. The topological polar surface area (TPSA) is 67.5 Å². The SMILES string of the molecule is O=C(O)c1cc(-c2cnn3cc(Cl)cnc23)cs1. The van der Waals surface area contributed by atoms with Gasteiger partial charge in [0.05, 0.1) is 17.4 Å². The minimum absolute atomic E-state index is 0.290. The van der Waals surface area contributed by atoms with E-state index in [-0.39, 0.29) is 0 Å². The number of thiophene rings is 1. The molecule has 0 bridgehead atoms. The van der Waals surface area contributed by atoms with E-state index < -0.39 is 5.97 Å². The highest BCUT2D eigenvalue weighted by atomic mass is 35.5. The summed E-state index contributed by atoms with van der Waals surface area (Å²) >= 11 is 7.00. The van der Waals surface area contributed by atoms with Crippen molar-refractivity contribution in [3.63, 3.8) is 0 Å². The molecule has 0 saturated heterocycles. The first kappa shape index (κ1) is 11.2. The fourth-order valence-corrected chi connectivity index (χ4v) is 2.53. The van der Waals surface area contributed by atoms with Crippen LogP contribution in [0.5, 0.6) is 0 Å². The second-order valence-corrected chi connectivity index (χ2v) is 4.95. The van der Waals surface area contributed by atoms with Crippen molar-refractivity contribution in [2.24, 2.45) is 0 Å². The molecule has 18 heavy (non-hydrogen) atoms. The van der Waals surface area contributed by atoms with Crippen LogP contribution in [0, 0.1) is 0 Å². The summed E-state index contributed by atoms with van der Waals surface area (Å²) < 4.78 is 1.57. The molecule has 90 valence electrons. The lowest BCUT2D eigenvalue weighted by Crippen LogP contribution is -1.90. The summed E-state index contributed by atoms with van der Waals surface area (Å²) in [5.41, 5.74) is 2.23. The highest BCUT2D eigenvalue weighted by molar-refractivity contribution is 7.12. The van der Waals surface area contributed by atoms with Crippen LogP contribution in [-0.4, -0.2) is 25.7 Å². The summed E-state index contributed by atoms with van der Waals surface area (Å²) in [5.74, 6) is -0.932. The summed E-state index contributed by atoms with van der Waals surface area (Å²) in [5, 5.41) is 15.3. The molecule has 3 rings (SSSR count). The number of hydrogen-bond donors (Lipinski definition) is 1. The average molecular weight is 280 g/mol. The first-order valence-corrected chi connectivity index (χ1v) is 6.22. The number of carbonyl (C=O) groups is 1. The van der Waals surface area contributed by atoms with Gasteiger partial charge in [-0.25, -0.2) is 14.3 Å². The normalized spacial score (nSPS) is 10.9. The fraction of sp³-hybridized carbons (Fsp3) is 0. The highest BCUT2D eigenvalue weighted by Crippen LogP contribution is 2.28. The fourth-order valence-electron chi connectivity index (χ4n) is 1.65. The molecule has 3 aromatic heterocycles. The van der Waals surface area contributed by atoms with Crippen LogP contribution in [0.15, 0.2) is 30.0 Å². The van der Waals surface area contributed by atoms with Crippen LogP contribution in [-0.2, 0) is 0 Å². The standard InChI is InChI=1S/C11H6ClN3O2S/c12-7-2-13-10-8(3-14-15(10)4-7)6-1-9(11(16)17)18-5-6/h1-5H,(H,16,17). The maximum absolute atomic E-state index is 10.8. The molecule has 1 N–H and O–H groups in total. The van der Waals surface area contributed by atoms with Gasteiger partial charge in [0.25, 0.3) is 0 Å². The molecule has 0 fully saturated rings. The van der Waals surface area contributed by atoms with Crippen LogP contribution < -0.4 is 0 Å². The molecule has 0 aliphatic heterocycles. The number of rotatable bonds is 2. The first-order chi connectivity index (χ1) is 8.65. The molecule has 0 spiro atoms. The third-order valence-corrected chi connectivity index (χ3v) is 3.56. The Kier molecular flexibility index (Phi) is 2.53. The molecule has 5 nitrogen and oxygen atoms in total. The second-order valence-electron chi connectivity index (χ2n) is 3.60. The van der Waals surface area contributed by atoms with E-state index in [0.29, 0.717) is 15.5 Å². The molecule has 0 unspecified atom stereocenters. The molecule has 0 aliphatic carbocycles. The zero-order valence-corrected chi connectivity index (χ0v) is 10.4. The number of halogens is 1. The van der Waals surface area contributed by atoms with Crippen LogP contribution in [0.1, 0.15) is 9.67 Å². The third-order valence-electron chi connectivity index (χ3n) is 2.45. The van der Waals surface area contributed by atoms with Crippen molar-refractivity contribution in [2.45, 2.75) is 0 Å². The van der Waals surface area contributed by atoms with Crippen LogP contribution in [0.4, 0.5) is 0 Å². The largest absolute Gasteiger partial charge is 0.477 e. The molecule has 3 aromatic rings. The molecule has 0 amide bonds. The molecule has 0 radical (unpaired) electrons. The Morgan fingerprint density at radius 3 is 3.00 bits per heavy atom. The summed E-state index contributed by atoms with van der Waals surface area (Å²) in [4.78, 5) is 15.3. The van der Waals surface area contributed by atoms with Gasteiger partial charge in [-0.3, -0.25) is 0 Å². The minimum Gasteiger partial charge on any atom is -0.477 e. The predicted molar refractivity (Wildman–Crippen MR) is 68.3 cm³/mol. The molecular formula is C11H6ClN3O2S. The number of hydrogen-bond acceptors (Lipinski definition) is 4. The Hall–Kier alpha value is -1.92. The molecule has 0 saturated carbocycles. The summed E-state index contributed by atoms with van der Waals surface area (Å²) in [6, 6.07) is 1.61. The zero-order valence-electron chi connectivity index (χ0n) is 8.87. The zero-order chi connectivity index (χ0) is 12.7. The van der Waals surface area contributed by atoms with E-state index in [1.807, 2.05) is 0 Å². The molecule has 3 heterocycles. The van der Waals surface area contributed by atoms with Crippen LogP contribution >= 0.6 is 22.9 Å². The van der Waals surface area contributed by atoms with Gasteiger partial charge < -0.3 is 5.11 Å². The van der Waals surface area contributed by atoms with Crippen molar-refractivity contribution < 1.29 is 9.90 Å². The summed E-state index contributed by atoms with van der Waals surface area (Å²) in [6.45, 7) is 0. The average Bonchev–Trinajstić information content (AvgIpc) is 2.92. The monoisotopic (exact) mass is 279 g/mol. The van der Waals surface area contributed by atoms with Gasteiger partial charge in [-0.1, -0.05) is 11.6 Å². The number of aromatic carboxylic acids is 1. The number of carboxylic acid groups (broad SMARTS) is 1. The summed E-state index contributed by atoms with van der Waals surface area (Å²) in [7, 11) is 0. The van der Waals surface area contributed by atoms with Crippen LogP contribution in [0.3, 0.4) is 0 Å². The Bertz CT molecular complexity index is 750. The van der Waals surface area contributed by atoms with E-state index in [4.69, 9.17) is 16.7 Å². The van der Waals surface area contributed by atoms with E-state index in [9.17, 15) is 4.79 Å². The number of nitrogens with zero attached hydrogens (tertiary/aromatic N) is 3. The van der Waals surface area contributed by atoms with E-state index in [1.54, 1.807) is 28.4 Å². The Morgan fingerprint density at radius 1 is 1.44 bits per heavy atom. The maximum Gasteiger partial charge on any atom is 0.345 e. The summed E-state index contributed by atoms with van der Waals surface area (Å²) in [6.07, 6.45) is 4.83. The van der Waals surface area contributed by atoms with Gasteiger partial charge in [0, 0.05) is 11.8 Å². The van der Waals surface area contributed by atoms with Gasteiger partial charge in [-0.05, 0) is 17.0 Å². The van der Waals surface area contributed by atoms with Crippen molar-refractivity contribution in [1.82, 2.24) is 14.6 Å². The van der Waals surface area contributed by atoms with Crippen molar-refractivity contribution in [1.29, 1.82) is 0 Å². The molecular weight excluding hydrogens is 274 g/mol. The van der Waals surface area contributed by atoms with E-state index in [0.717, 1.165) is 11.1 Å². The second kappa shape index (κ2) is 4.08. The molecule has 0 aliphatic rings. The number of fused-ring (bicyclic) bond motifs is 1. The molecule has 0 atom stereocenters. The lowest BCUT2D eigenvalue weighted by atomic mass is 10.2. The number of carboxylic acids is 1. The smallest absolute Gasteiger partial charge is 0.345 e. The van der Waals surface area contributed by atoms with Crippen molar-refractivity contribution in [3.05, 3.63) is 39.9 Å². The molecule has 0 aromatic carbocycles. The minimum atomic E-state index is -0.932. The van der Waals surface area contributed by atoms with Gasteiger partial charge in [-0.2, -0.15) is 5.10 Å². The maximum atomic E-state index is 10.8. The van der Waals surface area contributed by atoms with Gasteiger partial charge in [-0.15, -0.1) is 11.3 Å². The van der Waals surface area contributed by atoms with Crippen molar-refractivity contribution in [3.8, 4) is 11.1 Å². The van der Waals surface area contributed by atoms with Gasteiger partial charge >= 0.3 is 5.97 Å². The van der Waals surface area contributed by atoms with Gasteiger partial charge in [0.1, 0.15) is 4.88 Å². The van der Waals surface area contributed by atoms with Gasteiger partial charge in [0.2, 0.25) is 0 Å². The van der Waals surface area contributed by atoms with E-state index >= 15 is 0 Å². The Balaban J connectivity index is 2.16. The predicted octanol–water partition coefficient (Wildman–Crippen LogP) is 2.81. The van der Waals surface area contributed by atoms with Gasteiger partial charge in [0.15, 0.2) is 5.65 Å². The van der Waals surface area contributed by atoms with Crippen LogP contribution in [0.25, 0.3) is 16.8 Å². The van der Waals surface area contributed by atoms with Crippen molar-refractivity contribution >= 4 is 34.6 Å². The van der Waals surface area contributed by atoms with E-state index in [1.165, 1.54) is 17.5 Å². The lowest BCUT2D eigenvalue weighted by Gasteiger charge is -1.95. The quantitative estimate of drug-likeness (QED) is 0.783. The number of aromatic nitrogens is 3. The third kappa shape index (κ3) is 1.75. The van der Waals surface area contributed by atoms with Crippen molar-refractivity contribution in [2.75, 3.05) is 0 Å². The van der Waals surface area contributed by atoms with Crippen LogP contribution in [0.2, 0.25) is 5.02 Å². The Labute approximate surface area is 110 Å². The first-order valence-electron chi connectivity index (χ1n) is 4.96. The lowest BCUT2D eigenvalue weighted by molar-refractivity contribution is 0.0702. The highest BCUT2D eigenvalue weighted by Gasteiger charge is 2.12. The van der Waals surface area contributed by atoms with E-state index in [2.05, 4.69) is 10.1 Å².